The van der Waals surface area contributed by atoms with E-state index in [0.717, 1.165) is 16.7 Å². The number of amides is 6. The van der Waals surface area contributed by atoms with Crippen LogP contribution in [-0.2, 0) is 51.3 Å². The summed E-state index contributed by atoms with van der Waals surface area (Å²) in [7, 11) is 0. The first-order chi connectivity index (χ1) is 28.2. The lowest BCUT2D eigenvalue weighted by Crippen LogP contribution is -2.66. The first kappa shape index (κ1) is 42.6. The number of hydrogen-bond donors (Lipinski definition) is 7. The molecule has 3 aromatic carbocycles. The van der Waals surface area contributed by atoms with Crippen LogP contribution in [0.15, 0.2) is 77.8 Å². The molecule has 312 valence electrons. The van der Waals surface area contributed by atoms with Crippen molar-refractivity contribution in [2.24, 2.45) is 10.7 Å². The van der Waals surface area contributed by atoms with Gasteiger partial charge >= 0.3 is 0 Å². The average Bonchev–Trinajstić information content (AvgIpc) is 3.49. The number of amidine groups is 1. The molecular weight excluding hydrogens is 766 g/mol. The quantitative estimate of drug-likeness (QED) is 0.105. The zero-order valence-corrected chi connectivity index (χ0v) is 32.6. The van der Waals surface area contributed by atoms with Crippen LogP contribution in [0.1, 0.15) is 60.7 Å². The van der Waals surface area contributed by atoms with E-state index >= 15 is 0 Å². The van der Waals surface area contributed by atoms with E-state index in [1.807, 2.05) is 42.5 Å². The van der Waals surface area contributed by atoms with Crippen molar-refractivity contribution in [3.8, 4) is 0 Å². The molecule has 59 heavy (non-hydrogen) atoms. The van der Waals surface area contributed by atoms with Crippen molar-refractivity contribution in [2.75, 3.05) is 11.9 Å². The third kappa shape index (κ3) is 9.98. The number of nitrogens with one attached hydrogen (secondary N) is 4. The minimum absolute atomic E-state index is 0.0622. The van der Waals surface area contributed by atoms with Crippen LogP contribution in [0.2, 0.25) is 0 Å². The summed E-state index contributed by atoms with van der Waals surface area (Å²) in [4.78, 5) is 83.1. The number of ether oxygens (including phenoxy) is 3. The molecule has 1 unspecified atom stereocenters. The molecule has 1 saturated heterocycles. The molecule has 0 aliphatic carbocycles. The van der Waals surface area contributed by atoms with E-state index in [2.05, 4.69) is 26.3 Å². The molecule has 3 heterocycles. The fourth-order valence-corrected chi connectivity index (χ4v) is 6.99. The Bertz CT molecular complexity index is 2120. The van der Waals surface area contributed by atoms with Crippen molar-refractivity contribution in [3.63, 3.8) is 0 Å². The van der Waals surface area contributed by atoms with Gasteiger partial charge in [-0.05, 0) is 55.7 Å². The van der Waals surface area contributed by atoms with E-state index in [1.54, 1.807) is 35.2 Å². The van der Waals surface area contributed by atoms with Gasteiger partial charge in [-0.15, -0.1) is 0 Å². The summed E-state index contributed by atoms with van der Waals surface area (Å²) in [6.45, 7) is 3.68. The molecule has 0 saturated carbocycles. The molecule has 1 fully saturated rings. The van der Waals surface area contributed by atoms with Crippen LogP contribution in [0.4, 0.5) is 11.4 Å². The Balaban J connectivity index is 1.01. The van der Waals surface area contributed by atoms with Crippen molar-refractivity contribution >= 4 is 52.7 Å². The van der Waals surface area contributed by atoms with Gasteiger partial charge < -0.3 is 51.4 Å². The number of nitrogens with zero attached hydrogens (tertiary/aromatic N) is 2. The molecule has 6 amide bonds. The predicted molar refractivity (Wildman–Crippen MR) is 210 cm³/mol. The number of fused-ring (bicyclic) bond motifs is 4. The van der Waals surface area contributed by atoms with E-state index in [4.69, 9.17) is 19.9 Å². The monoisotopic (exact) mass is 813 g/mol. The fraction of sp³-hybridized carbons (Fsp3) is 0.390. The molecular formula is C41H47N7O11. The highest BCUT2D eigenvalue weighted by Gasteiger charge is 2.48. The summed E-state index contributed by atoms with van der Waals surface area (Å²) >= 11 is 0. The molecule has 0 spiro atoms. The number of primary amides is 1. The van der Waals surface area contributed by atoms with Gasteiger partial charge in [-0.25, -0.2) is 4.99 Å². The summed E-state index contributed by atoms with van der Waals surface area (Å²) in [5, 5.41) is 31.4. The summed E-state index contributed by atoms with van der Waals surface area (Å²) < 4.78 is 17.6. The van der Waals surface area contributed by atoms with Gasteiger partial charge in [-0.3, -0.25) is 33.7 Å². The highest BCUT2D eigenvalue weighted by atomic mass is 16.7. The molecule has 18 nitrogen and oxygen atoms in total. The summed E-state index contributed by atoms with van der Waals surface area (Å²) in [6, 6.07) is 17.9. The van der Waals surface area contributed by atoms with Crippen LogP contribution in [0.5, 0.6) is 0 Å². The maximum atomic E-state index is 13.3. The molecule has 8 atom stereocenters. The summed E-state index contributed by atoms with van der Waals surface area (Å²) in [6.07, 6.45) is -6.83. The van der Waals surface area contributed by atoms with Gasteiger partial charge in [-0.2, -0.15) is 0 Å². The van der Waals surface area contributed by atoms with Crippen molar-refractivity contribution in [3.05, 3.63) is 95.1 Å². The molecule has 0 radical (unpaired) electrons. The second-order valence-electron chi connectivity index (χ2n) is 14.5. The maximum Gasteiger partial charge on any atom is 0.260 e. The third-order valence-corrected chi connectivity index (χ3v) is 10.1. The number of aliphatic hydroxyl groups is 2. The van der Waals surface area contributed by atoms with E-state index in [1.165, 1.54) is 20.8 Å². The summed E-state index contributed by atoms with van der Waals surface area (Å²) in [5.41, 5.74) is 9.53. The Hall–Kier alpha value is -6.05. The number of carbonyl (C=O) groups excluding carboxylic acids is 6. The van der Waals surface area contributed by atoms with Crippen LogP contribution in [-0.4, -0.2) is 112 Å². The topological polar surface area (TPSA) is 260 Å². The Morgan fingerprint density at radius 3 is 2.39 bits per heavy atom. The van der Waals surface area contributed by atoms with Gasteiger partial charge in [0.25, 0.3) is 5.91 Å². The largest absolute Gasteiger partial charge is 0.394 e. The lowest BCUT2D eigenvalue weighted by atomic mass is 9.96. The zero-order chi connectivity index (χ0) is 42.4. The molecule has 3 aliphatic heterocycles. The number of rotatable bonds is 16. The van der Waals surface area contributed by atoms with E-state index in [-0.39, 0.29) is 31.9 Å². The summed E-state index contributed by atoms with van der Waals surface area (Å²) in [5.74, 6) is -3.01. The molecule has 6 rings (SSSR count). The second kappa shape index (κ2) is 18.7. The molecule has 18 heteroatoms. The fourth-order valence-electron chi connectivity index (χ4n) is 6.99. The minimum atomic E-state index is -1.50. The molecule has 0 aromatic heterocycles. The van der Waals surface area contributed by atoms with Crippen molar-refractivity contribution in [2.45, 2.75) is 95.6 Å². The Morgan fingerprint density at radius 1 is 0.983 bits per heavy atom. The van der Waals surface area contributed by atoms with Crippen molar-refractivity contribution < 1.29 is 53.2 Å². The van der Waals surface area contributed by atoms with Crippen molar-refractivity contribution in [1.82, 2.24) is 20.9 Å². The number of aliphatic hydroxyl groups excluding tert-OH is 2. The van der Waals surface area contributed by atoms with Crippen LogP contribution in [0, 0.1) is 0 Å². The zero-order valence-electron chi connectivity index (χ0n) is 32.6. The third-order valence-electron chi connectivity index (χ3n) is 10.1. The van der Waals surface area contributed by atoms with Crippen LogP contribution in [0.25, 0.3) is 0 Å². The Morgan fingerprint density at radius 2 is 1.69 bits per heavy atom. The number of aliphatic imine (C=N–C) groups is 1. The number of hydrogen-bond acceptors (Lipinski definition) is 12. The van der Waals surface area contributed by atoms with E-state index in [0.29, 0.717) is 22.8 Å². The molecule has 0 bridgehead atoms. The van der Waals surface area contributed by atoms with Gasteiger partial charge in [0.15, 0.2) is 6.29 Å². The number of benzene rings is 3. The van der Waals surface area contributed by atoms with E-state index in [9.17, 15) is 39.0 Å². The van der Waals surface area contributed by atoms with E-state index < -0.39 is 85.0 Å². The first-order valence-electron chi connectivity index (χ1n) is 19.1. The highest BCUT2D eigenvalue weighted by Crippen LogP contribution is 2.35. The average molecular weight is 814 g/mol. The Labute approximate surface area is 339 Å². The predicted octanol–water partition coefficient (Wildman–Crippen LogP) is 0.501. The Kier molecular flexibility index (Phi) is 13.5. The van der Waals surface area contributed by atoms with Gasteiger partial charge in [-0.1, -0.05) is 48.5 Å². The number of nitrogens with two attached hydrogens (primary N) is 1. The second-order valence-corrected chi connectivity index (χ2v) is 14.5. The smallest absolute Gasteiger partial charge is 0.260 e. The molecule has 3 aliphatic rings. The lowest BCUT2D eigenvalue weighted by Gasteiger charge is -2.44. The highest BCUT2D eigenvalue weighted by molar-refractivity contribution is 6.24. The first-order valence-corrected chi connectivity index (χ1v) is 19.1. The standard InChI is InChI=1S/C41H47N7O11/c1-21(43-39(55)22(2)58-35-33(44-23(3)50)41(59-31(19-49)34(35)52)57-20-24-9-5-4-6-10-24)38(54)47-30(36(42)53)15-16-32(51)45-26-13-14-29-25(17-26)18-48-37(46-29)27-11-7-8-12-28(27)40(48)56/h4-14,17,21-22,30-31,33-35,41,49,52H,15-16,18-20H2,1-3H3,(H2,42,53)(H,43,55)(H,44,50)(H,45,51)(H,47,54)/t21-,22?,30+,31+,33+,34+,35+,41-/m0/s1. The van der Waals surface area contributed by atoms with Gasteiger partial charge in [0.2, 0.25) is 29.5 Å². The maximum absolute atomic E-state index is 13.3. The number of anilines is 1. The van der Waals surface area contributed by atoms with Crippen LogP contribution in [0.3, 0.4) is 0 Å². The normalized spacial score (nSPS) is 22.1. The molecule has 3 aromatic rings. The number of carbonyl (C=O) groups is 6. The lowest BCUT2D eigenvalue weighted by molar-refractivity contribution is -0.283. The van der Waals surface area contributed by atoms with Crippen molar-refractivity contribution in [1.29, 1.82) is 0 Å². The van der Waals surface area contributed by atoms with Crippen LogP contribution < -0.4 is 27.0 Å². The SMILES string of the molecule is CC(=O)N[C@H]1[C@@H](OCc2ccccc2)O[C@H](CO)[C@@H](O)[C@@H]1OC(C)C(=O)N[C@@H](C)C(=O)N[C@H](CCC(=O)Nc1ccc2c(c1)CN1C(=O)c3ccccc3C1=N2)C(N)=O. The van der Waals surface area contributed by atoms with Gasteiger partial charge in [0.1, 0.15) is 48.4 Å². The minimum Gasteiger partial charge on any atom is -0.394 e. The van der Waals surface area contributed by atoms with Gasteiger partial charge in [0, 0.05) is 24.6 Å². The van der Waals surface area contributed by atoms with Gasteiger partial charge in [0.05, 0.1) is 31.0 Å². The van der Waals surface area contributed by atoms with Crippen LogP contribution >= 0.6 is 0 Å². The molecule has 8 N–H and O–H groups in total.